The average molecular weight is 450 g/mol. The Hall–Kier alpha value is -3.30. The number of aromatic nitrogens is 4. The molecule has 1 aliphatic heterocycles. The summed E-state index contributed by atoms with van der Waals surface area (Å²) in [5, 5.41) is 8.69. The van der Waals surface area contributed by atoms with Gasteiger partial charge in [0.2, 0.25) is 10.0 Å². The predicted molar refractivity (Wildman–Crippen MR) is 118 cm³/mol. The van der Waals surface area contributed by atoms with Crippen LogP contribution in [-0.2, 0) is 36.5 Å². The molecule has 32 heavy (non-hydrogen) atoms. The van der Waals surface area contributed by atoms with E-state index in [1.807, 2.05) is 50.4 Å². The molecular formula is C23H23N5O3S. The number of rotatable bonds is 5. The molecule has 0 saturated carbocycles. The zero-order chi connectivity index (χ0) is 22.3. The summed E-state index contributed by atoms with van der Waals surface area (Å²) in [5.74, 6) is 0.869. The number of hydrogen-bond acceptors (Lipinski definition) is 6. The van der Waals surface area contributed by atoms with Crippen LogP contribution in [0.5, 0.6) is 0 Å². The van der Waals surface area contributed by atoms with Gasteiger partial charge in [0, 0.05) is 44.2 Å². The van der Waals surface area contributed by atoms with Crippen LogP contribution in [0.2, 0.25) is 0 Å². The molecule has 0 radical (unpaired) electrons. The Morgan fingerprint density at radius 2 is 1.91 bits per heavy atom. The van der Waals surface area contributed by atoms with Crippen LogP contribution in [-0.4, -0.2) is 39.2 Å². The molecule has 9 heteroatoms. The van der Waals surface area contributed by atoms with E-state index in [1.54, 1.807) is 22.9 Å². The fourth-order valence-electron chi connectivity index (χ4n) is 4.07. The normalized spacial score (nSPS) is 14.4. The third-order valence-electron chi connectivity index (χ3n) is 5.71. The van der Waals surface area contributed by atoms with Gasteiger partial charge in [0.25, 0.3) is 5.89 Å². The molecule has 0 bridgehead atoms. The molecule has 0 amide bonds. The average Bonchev–Trinajstić information content (AvgIpc) is 3.38. The smallest absolute Gasteiger partial charge is 0.278 e. The van der Waals surface area contributed by atoms with Gasteiger partial charge in [0.1, 0.15) is 0 Å². The Morgan fingerprint density at radius 3 is 2.69 bits per heavy atom. The third kappa shape index (κ3) is 3.74. The molecule has 0 fully saturated rings. The van der Waals surface area contributed by atoms with Gasteiger partial charge in [-0.25, -0.2) is 8.42 Å². The summed E-state index contributed by atoms with van der Waals surface area (Å²) in [6.45, 7) is 2.49. The Bertz CT molecular complexity index is 1380. The molecule has 0 atom stereocenters. The highest BCUT2D eigenvalue weighted by atomic mass is 32.2. The molecule has 164 valence electrons. The summed E-state index contributed by atoms with van der Waals surface area (Å²) < 4.78 is 35.3. The molecule has 2 aromatic heterocycles. The van der Waals surface area contributed by atoms with Crippen LogP contribution in [0.3, 0.4) is 0 Å². The largest absolute Gasteiger partial charge is 0.332 e. The van der Waals surface area contributed by atoms with Crippen LogP contribution in [0.4, 0.5) is 0 Å². The molecule has 4 aromatic rings. The zero-order valence-corrected chi connectivity index (χ0v) is 18.7. The number of nitrogens with zero attached hydrogens (tertiary/aromatic N) is 5. The van der Waals surface area contributed by atoms with E-state index in [1.165, 1.54) is 4.31 Å². The highest BCUT2D eigenvalue weighted by Crippen LogP contribution is 2.31. The van der Waals surface area contributed by atoms with Crippen molar-refractivity contribution in [2.45, 2.75) is 31.2 Å². The van der Waals surface area contributed by atoms with Gasteiger partial charge in [0.05, 0.1) is 4.90 Å². The maximum atomic E-state index is 13.3. The molecule has 3 heterocycles. The first-order chi connectivity index (χ1) is 15.4. The summed E-state index contributed by atoms with van der Waals surface area (Å²) in [6, 6.07) is 16.9. The van der Waals surface area contributed by atoms with Crippen molar-refractivity contribution in [3.8, 4) is 11.6 Å². The van der Waals surface area contributed by atoms with E-state index < -0.39 is 10.0 Å². The van der Waals surface area contributed by atoms with E-state index in [4.69, 9.17) is 4.52 Å². The van der Waals surface area contributed by atoms with Crippen molar-refractivity contribution in [2.75, 3.05) is 6.54 Å². The van der Waals surface area contributed by atoms with Gasteiger partial charge >= 0.3 is 0 Å². The van der Waals surface area contributed by atoms with Gasteiger partial charge in [-0.15, -0.1) is 0 Å². The summed E-state index contributed by atoms with van der Waals surface area (Å²) >= 11 is 0. The molecule has 2 aromatic carbocycles. The summed E-state index contributed by atoms with van der Waals surface area (Å²) in [5.41, 5.74) is 4.32. The van der Waals surface area contributed by atoms with Gasteiger partial charge < -0.3 is 4.52 Å². The zero-order valence-electron chi connectivity index (χ0n) is 17.9. The van der Waals surface area contributed by atoms with Crippen molar-refractivity contribution in [3.63, 3.8) is 0 Å². The van der Waals surface area contributed by atoms with Crippen molar-refractivity contribution in [1.29, 1.82) is 0 Å². The molecule has 0 spiro atoms. The lowest BCUT2D eigenvalue weighted by Crippen LogP contribution is -2.36. The third-order valence-corrected chi connectivity index (χ3v) is 7.55. The molecule has 0 saturated heterocycles. The fourth-order valence-corrected chi connectivity index (χ4v) is 5.58. The van der Waals surface area contributed by atoms with Crippen LogP contribution in [0.25, 0.3) is 11.6 Å². The Labute approximate surface area is 186 Å². The second-order valence-electron chi connectivity index (χ2n) is 7.98. The second kappa shape index (κ2) is 7.99. The van der Waals surface area contributed by atoms with E-state index in [9.17, 15) is 8.42 Å². The minimum Gasteiger partial charge on any atom is -0.332 e. The molecule has 1 aliphatic rings. The lowest BCUT2D eigenvalue weighted by Gasteiger charge is -2.26. The quantitative estimate of drug-likeness (QED) is 0.465. The van der Waals surface area contributed by atoms with E-state index in [0.717, 1.165) is 22.4 Å². The van der Waals surface area contributed by atoms with Crippen molar-refractivity contribution in [3.05, 3.63) is 82.8 Å². The lowest BCUT2D eigenvalue weighted by molar-refractivity contribution is 0.385. The molecule has 0 unspecified atom stereocenters. The van der Waals surface area contributed by atoms with Crippen molar-refractivity contribution < 1.29 is 12.9 Å². The summed E-state index contributed by atoms with van der Waals surface area (Å²) in [7, 11) is -1.77. The van der Waals surface area contributed by atoms with Crippen LogP contribution < -0.4 is 0 Å². The summed E-state index contributed by atoms with van der Waals surface area (Å²) in [6.07, 6.45) is 1.11. The number of aryl methyl sites for hydroxylation is 2. The van der Waals surface area contributed by atoms with Crippen LogP contribution in [0.1, 0.15) is 28.2 Å². The maximum absolute atomic E-state index is 13.3. The van der Waals surface area contributed by atoms with Crippen LogP contribution in [0, 0.1) is 6.92 Å². The number of hydrogen-bond donors (Lipinski definition) is 0. The minimum absolute atomic E-state index is 0.213. The molecule has 0 aliphatic carbocycles. The lowest BCUT2D eigenvalue weighted by atomic mass is 10.1. The first-order valence-electron chi connectivity index (χ1n) is 10.4. The number of benzene rings is 2. The Morgan fingerprint density at radius 1 is 1.09 bits per heavy atom. The van der Waals surface area contributed by atoms with Crippen molar-refractivity contribution >= 4 is 10.0 Å². The van der Waals surface area contributed by atoms with Crippen LogP contribution >= 0.6 is 0 Å². The fraction of sp³-hybridized carbons (Fsp3) is 0.261. The minimum atomic E-state index is -3.62. The maximum Gasteiger partial charge on any atom is 0.278 e. The van der Waals surface area contributed by atoms with Gasteiger partial charge in [-0.05, 0) is 30.2 Å². The van der Waals surface area contributed by atoms with Gasteiger partial charge in [-0.1, -0.05) is 47.6 Å². The van der Waals surface area contributed by atoms with Gasteiger partial charge in [0.15, 0.2) is 11.5 Å². The Kier molecular flexibility index (Phi) is 5.15. The van der Waals surface area contributed by atoms with Gasteiger partial charge in [-0.2, -0.15) is 14.4 Å². The van der Waals surface area contributed by atoms with Crippen molar-refractivity contribution in [1.82, 2.24) is 24.2 Å². The van der Waals surface area contributed by atoms with E-state index in [2.05, 4.69) is 15.2 Å². The SMILES string of the molecule is Cc1cccc(S(=O)(=O)N2CCc3c(c(-c4nc(Cc5ccccc5)no4)nn3C)C2)c1. The predicted octanol–water partition coefficient (Wildman–Crippen LogP) is 3.12. The number of fused-ring (bicyclic) bond motifs is 1. The van der Waals surface area contributed by atoms with E-state index in [0.29, 0.717) is 41.7 Å². The number of sulfonamides is 1. The van der Waals surface area contributed by atoms with E-state index >= 15 is 0 Å². The topological polar surface area (TPSA) is 94.1 Å². The van der Waals surface area contributed by atoms with Crippen LogP contribution in [0.15, 0.2) is 64.0 Å². The first-order valence-corrected chi connectivity index (χ1v) is 11.8. The summed E-state index contributed by atoms with van der Waals surface area (Å²) in [4.78, 5) is 4.83. The highest BCUT2D eigenvalue weighted by Gasteiger charge is 2.33. The Balaban J connectivity index is 1.45. The molecule has 5 rings (SSSR count). The second-order valence-corrected chi connectivity index (χ2v) is 9.92. The monoisotopic (exact) mass is 449 g/mol. The standard InChI is InChI=1S/C23H23N5O3S/c1-16-7-6-10-18(13-16)32(29,30)28-12-11-20-19(15-28)22(25-27(20)2)23-24-21(26-31-23)14-17-8-4-3-5-9-17/h3-10,13H,11-12,14-15H2,1-2H3. The van der Waals surface area contributed by atoms with Gasteiger partial charge in [-0.3, -0.25) is 4.68 Å². The molecule has 8 nitrogen and oxygen atoms in total. The molecule has 0 N–H and O–H groups in total. The van der Waals surface area contributed by atoms with Crippen molar-refractivity contribution in [2.24, 2.45) is 7.05 Å². The van der Waals surface area contributed by atoms with E-state index in [-0.39, 0.29) is 6.54 Å². The molecular weight excluding hydrogens is 426 g/mol. The highest BCUT2D eigenvalue weighted by molar-refractivity contribution is 7.89. The first kappa shape index (κ1) is 20.6.